The molecule has 83 valence electrons. The molecule has 0 heterocycles. The highest BCUT2D eigenvalue weighted by Gasteiger charge is 2.03. The fourth-order valence-corrected chi connectivity index (χ4v) is 1.82. The van der Waals surface area contributed by atoms with Crippen molar-refractivity contribution in [1.29, 1.82) is 0 Å². The van der Waals surface area contributed by atoms with Crippen LogP contribution in [0.5, 0.6) is 0 Å². The Morgan fingerprint density at radius 3 is 2.43 bits per heavy atom. The molecule has 0 saturated carbocycles. The SMILES string of the molecule is [CH2]CCC(CC)CCCCC=CCC. The van der Waals surface area contributed by atoms with Crippen LogP contribution in [0.15, 0.2) is 12.2 Å². The second-order valence-electron chi connectivity index (χ2n) is 4.08. The third kappa shape index (κ3) is 8.34. The van der Waals surface area contributed by atoms with Gasteiger partial charge < -0.3 is 0 Å². The first-order chi connectivity index (χ1) is 6.85. The van der Waals surface area contributed by atoms with Crippen molar-refractivity contribution in [2.24, 2.45) is 5.92 Å². The first kappa shape index (κ1) is 13.7. The van der Waals surface area contributed by atoms with E-state index < -0.39 is 0 Å². The lowest BCUT2D eigenvalue weighted by atomic mass is 9.94. The molecule has 0 aliphatic carbocycles. The zero-order valence-electron chi connectivity index (χ0n) is 10.1. The van der Waals surface area contributed by atoms with Crippen LogP contribution in [0.3, 0.4) is 0 Å². The van der Waals surface area contributed by atoms with Gasteiger partial charge in [0.1, 0.15) is 0 Å². The van der Waals surface area contributed by atoms with Crippen molar-refractivity contribution in [2.45, 2.75) is 65.2 Å². The van der Waals surface area contributed by atoms with E-state index >= 15 is 0 Å². The summed E-state index contributed by atoms with van der Waals surface area (Å²) in [4.78, 5) is 0. The van der Waals surface area contributed by atoms with Crippen molar-refractivity contribution in [3.05, 3.63) is 19.1 Å². The average Bonchev–Trinajstić information content (AvgIpc) is 2.21. The normalized spacial score (nSPS) is 13.6. The van der Waals surface area contributed by atoms with Gasteiger partial charge in [0.2, 0.25) is 0 Å². The predicted molar refractivity (Wildman–Crippen MR) is 66.3 cm³/mol. The van der Waals surface area contributed by atoms with E-state index in [-0.39, 0.29) is 0 Å². The van der Waals surface area contributed by atoms with Crippen molar-refractivity contribution in [2.75, 3.05) is 0 Å². The first-order valence-electron chi connectivity index (χ1n) is 6.29. The third-order valence-corrected chi connectivity index (χ3v) is 2.83. The lowest BCUT2D eigenvalue weighted by Crippen LogP contribution is -1.97. The minimum absolute atomic E-state index is 0.933. The fraction of sp³-hybridized carbons (Fsp3) is 0.786. The van der Waals surface area contributed by atoms with E-state index in [4.69, 9.17) is 0 Å². The van der Waals surface area contributed by atoms with Gasteiger partial charge >= 0.3 is 0 Å². The minimum Gasteiger partial charge on any atom is -0.0888 e. The number of unbranched alkanes of at least 4 members (excludes halogenated alkanes) is 2. The standard InChI is InChI=1S/C14H27/c1-4-7-8-9-10-11-13-14(6-3)12-5-2/h7-8,14H,2,4-6,9-13H2,1,3H3. The Kier molecular flexibility index (Phi) is 10.6. The van der Waals surface area contributed by atoms with Gasteiger partial charge in [-0.15, -0.1) is 0 Å². The topological polar surface area (TPSA) is 0 Å². The monoisotopic (exact) mass is 195 g/mol. The van der Waals surface area contributed by atoms with Crippen LogP contribution in [0.4, 0.5) is 0 Å². The quantitative estimate of drug-likeness (QED) is 0.352. The molecule has 1 radical (unpaired) electrons. The number of allylic oxidation sites excluding steroid dienone is 2. The summed E-state index contributed by atoms with van der Waals surface area (Å²) >= 11 is 0. The van der Waals surface area contributed by atoms with E-state index in [0.29, 0.717) is 0 Å². The van der Waals surface area contributed by atoms with E-state index in [0.717, 1.165) is 12.3 Å². The summed E-state index contributed by atoms with van der Waals surface area (Å²) in [5, 5.41) is 0. The molecule has 0 aromatic carbocycles. The van der Waals surface area contributed by atoms with Crippen LogP contribution >= 0.6 is 0 Å². The molecule has 1 atom stereocenters. The van der Waals surface area contributed by atoms with Crippen molar-refractivity contribution in [3.63, 3.8) is 0 Å². The highest BCUT2D eigenvalue weighted by Crippen LogP contribution is 2.18. The van der Waals surface area contributed by atoms with Gasteiger partial charge in [-0.3, -0.25) is 0 Å². The van der Waals surface area contributed by atoms with Gasteiger partial charge in [-0.05, 0) is 25.2 Å². The van der Waals surface area contributed by atoms with Crippen LogP contribution in [0.1, 0.15) is 65.2 Å². The molecule has 0 heteroatoms. The predicted octanol–water partition coefficient (Wildman–Crippen LogP) is 5.15. The molecule has 0 N–H and O–H groups in total. The molecule has 0 saturated heterocycles. The molecule has 0 rings (SSSR count). The second-order valence-corrected chi connectivity index (χ2v) is 4.08. The lowest BCUT2D eigenvalue weighted by molar-refractivity contribution is 0.421. The molecule has 14 heavy (non-hydrogen) atoms. The van der Waals surface area contributed by atoms with Crippen molar-refractivity contribution in [1.82, 2.24) is 0 Å². The Bertz CT molecular complexity index is 124. The molecule has 0 bridgehead atoms. The molecule has 0 aliphatic rings. The van der Waals surface area contributed by atoms with Crippen LogP contribution in [0.2, 0.25) is 0 Å². The van der Waals surface area contributed by atoms with E-state index in [1.165, 1.54) is 44.9 Å². The summed E-state index contributed by atoms with van der Waals surface area (Å²) in [6, 6.07) is 0. The Labute approximate surface area is 90.8 Å². The Hall–Kier alpha value is -0.260. The number of hydrogen-bond donors (Lipinski definition) is 0. The summed E-state index contributed by atoms with van der Waals surface area (Å²) in [6.07, 6.45) is 15.0. The second kappa shape index (κ2) is 10.8. The maximum atomic E-state index is 3.93. The summed E-state index contributed by atoms with van der Waals surface area (Å²) < 4.78 is 0. The van der Waals surface area contributed by atoms with Crippen LogP contribution in [0, 0.1) is 12.8 Å². The Morgan fingerprint density at radius 2 is 1.86 bits per heavy atom. The largest absolute Gasteiger partial charge is 0.0888 e. The van der Waals surface area contributed by atoms with Crippen LogP contribution in [-0.2, 0) is 0 Å². The average molecular weight is 195 g/mol. The van der Waals surface area contributed by atoms with E-state index in [1.54, 1.807) is 0 Å². The van der Waals surface area contributed by atoms with Gasteiger partial charge in [-0.2, -0.15) is 0 Å². The maximum Gasteiger partial charge on any atom is -0.0351 e. The van der Waals surface area contributed by atoms with Gasteiger partial charge in [0.25, 0.3) is 0 Å². The third-order valence-electron chi connectivity index (χ3n) is 2.83. The zero-order valence-corrected chi connectivity index (χ0v) is 10.1. The molecular formula is C14H27. The molecule has 0 fully saturated rings. The molecule has 0 amide bonds. The van der Waals surface area contributed by atoms with E-state index in [9.17, 15) is 0 Å². The lowest BCUT2D eigenvalue weighted by Gasteiger charge is -2.12. The van der Waals surface area contributed by atoms with E-state index in [2.05, 4.69) is 32.9 Å². The number of rotatable bonds is 9. The Morgan fingerprint density at radius 1 is 1.07 bits per heavy atom. The molecule has 0 aromatic heterocycles. The molecule has 0 aliphatic heterocycles. The summed E-state index contributed by atoms with van der Waals surface area (Å²) in [5.74, 6) is 0.933. The van der Waals surface area contributed by atoms with Gasteiger partial charge in [-0.25, -0.2) is 0 Å². The molecule has 1 unspecified atom stereocenters. The molecule has 0 nitrogen and oxygen atoms in total. The smallest absolute Gasteiger partial charge is 0.0351 e. The number of hydrogen-bond acceptors (Lipinski definition) is 0. The van der Waals surface area contributed by atoms with Gasteiger partial charge in [0, 0.05) is 0 Å². The van der Waals surface area contributed by atoms with Gasteiger partial charge in [-0.1, -0.05) is 65.0 Å². The molecule has 0 spiro atoms. The van der Waals surface area contributed by atoms with Crippen molar-refractivity contribution in [3.8, 4) is 0 Å². The minimum atomic E-state index is 0.933. The van der Waals surface area contributed by atoms with Crippen LogP contribution in [0.25, 0.3) is 0 Å². The van der Waals surface area contributed by atoms with Crippen molar-refractivity contribution < 1.29 is 0 Å². The summed E-state index contributed by atoms with van der Waals surface area (Å²) in [7, 11) is 0. The van der Waals surface area contributed by atoms with Crippen molar-refractivity contribution >= 4 is 0 Å². The van der Waals surface area contributed by atoms with Gasteiger partial charge in [0.15, 0.2) is 0 Å². The van der Waals surface area contributed by atoms with E-state index in [1.807, 2.05) is 0 Å². The van der Waals surface area contributed by atoms with Crippen LogP contribution in [-0.4, -0.2) is 0 Å². The molecular weight excluding hydrogens is 168 g/mol. The van der Waals surface area contributed by atoms with Gasteiger partial charge in [0.05, 0.1) is 0 Å². The first-order valence-corrected chi connectivity index (χ1v) is 6.29. The zero-order chi connectivity index (χ0) is 10.6. The highest BCUT2D eigenvalue weighted by atomic mass is 14.1. The Balaban J connectivity index is 3.28. The fourth-order valence-electron chi connectivity index (χ4n) is 1.82. The maximum absolute atomic E-state index is 3.93. The molecule has 0 aromatic rings. The summed E-state index contributed by atoms with van der Waals surface area (Å²) in [6.45, 7) is 8.43. The van der Waals surface area contributed by atoms with Crippen LogP contribution < -0.4 is 0 Å². The summed E-state index contributed by atoms with van der Waals surface area (Å²) in [5.41, 5.74) is 0. The highest BCUT2D eigenvalue weighted by molar-refractivity contribution is 4.79.